The number of halogens is 1. The van der Waals surface area contributed by atoms with E-state index in [0.29, 0.717) is 5.92 Å². The molecule has 0 aromatic heterocycles. The SMILES string of the molecule is CCC(C)C(N)c1ccc(Cl)c(C)c1. The molecule has 0 aliphatic heterocycles. The van der Waals surface area contributed by atoms with Crippen LogP contribution < -0.4 is 5.73 Å². The van der Waals surface area contributed by atoms with Crippen LogP contribution in [0.4, 0.5) is 0 Å². The summed E-state index contributed by atoms with van der Waals surface area (Å²) in [6.45, 7) is 6.34. The van der Waals surface area contributed by atoms with Gasteiger partial charge in [-0.05, 0) is 30.0 Å². The zero-order valence-electron chi connectivity index (χ0n) is 9.05. The monoisotopic (exact) mass is 211 g/mol. The van der Waals surface area contributed by atoms with Gasteiger partial charge in [0.1, 0.15) is 0 Å². The second-order valence-corrected chi connectivity index (χ2v) is 4.33. The normalized spacial score (nSPS) is 15.2. The van der Waals surface area contributed by atoms with E-state index in [9.17, 15) is 0 Å². The van der Waals surface area contributed by atoms with Crippen molar-refractivity contribution in [2.75, 3.05) is 0 Å². The Morgan fingerprint density at radius 3 is 2.57 bits per heavy atom. The van der Waals surface area contributed by atoms with Crippen LogP contribution in [0.25, 0.3) is 0 Å². The Kier molecular flexibility index (Phi) is 3.97. The first-order valence-corrected chi connectivity index (χ1v) is 5.45. The predicted molar refractivity (Wildman–Crippen MR) is 62.6 cm³/mol. The molecule has 2 unspecified atom stereocenters. The van der Waals surface area contributed by atoms with Gasteiger partial charge in [0.2, 0.25) is 0 Å². The van der Waals surface area contributed by atoms with Gasteiger partial charge in [-0.2, -0.15) is 0 Å². The average Bonchev–Trinajstić information content (AvgIpc) is 2.20. The third-order valence-electron chi connectivity index (χ3n) is 2.82. The average molecular weight is 212 g/mol. The van der Waals surface area contributed by atoms with E-state index in [0.717, 1.165) is 17.0 Å². The molecule has 0 saturated heterocycles. The lowest BCUT2D eigenvalue weighted by molar-refractivity contribution is 0.456. The minimum atomic E-state index is 0.121. The Balaban J connectivity index is 2.91. The molecule has 0 radical (unpaired) electrons. The molecule has 1 rings (SSSR count). The molecule has 78 valence electrons. The standard InChI is InChI=1S/C12H18ClN/c1-4-8(2)12(14)10-5-6-11(13)9(3)7-10/h5-8,12H,4,14H2,1-3H3. The highest BCUT2D eigenvalue weighted by Gasteiger charge is 2.13. The number of hydrogen-bond acceptors (Lipinski definition) is 1. The van der Waals surface area contributed by atoms with Gasteiger partial charge in [-0.3, -0.25) is 0 Å². The van der Waals surface area contributed by atoms with Gasteiger partial charge in [-0.25, -0.2) is 0 Å². The van der Waals surface area contributed by atoms with Crippen molar-refractivity contribution in [2.45, 2.75) is 33.2 Å². The molecule has 0 fully saturated rings. The summed E-state index contributed by atoms with van der Waals surface area (Å²) in [7, 11) is 0. The third-order valence-corrected chi connectivity index (χ3v) is 3.25. The van der Waals surface area contributed by atoms with Crippen LogP contribution in [0.3, 0.4) is 0 Å². The first kappa shape index (κ1) is 11.5. The van der Waals surface area contributed by atoms with Gasteiger partial charge in [-0.15, -0.1) is 0 Å². The lowest BCUT2D eigenvalue weighted by Gasteiger charge is -2.19. The smallest absolute Gasteiger partial charge is 0.0435 e. The topological polar surface area (TPSA) is 26.0 Å². The summed E-state index contributed by atoms with van der Waals surface area (Å²) in [5.41, 5.74) is 8.41. The van der Waals surface area contributed by atoms with Gasteiger partial charge in [0.25, 0.3) is 0 Å². The molecular formula is C12H18ClN. The van der Waals surface area contributed by atoms with Crippen LogP contribution in [0, 0.1) is 12.8 Å². The van der Waals surface area contributed by atoms with Crippen LogP contribution in [0.5, 0.6) is 0 Å². The van der Waals surface area contributed by atoms with Crippen molar-refractivity contribution >= 4 is 11.6 Å². The van der Waals surface area contributed by atoms with Gasteiger partial charge < -0.3 is 5.73 Å². The largest absolute Gasteiger partial charge is 0.324 e. The van der Waals surface area contributed by atoms with E-state index in [1.807, 2.05) is 19.1 Å². The molecule has 0 bridgehead atoms. The van der Waals surface area contributed by atoms with Gasteiger partial charge >= 0.3 is 0 Å². The van der Waals surface area contributed by atoms with E-state index in [1.54, 1.807) is 0 Å². The second kappa shape index (κ2) is 4.81. The van der Waals surface area contributed by atoms with Gasteiger partial charge in [0.15, 0.2) is 0 Å². The fourth-order valence-corrected chi connectivity index (χ4v) is 1.58. The number of nitrogens with two attached hydrogens (primary N) is 1. The lowest BCUT2D eigenvalue weighted by Crippen LogP contribution is -2.18. The van der Waals surface area contributed by atoms with E-state index in [2.05, 4.69) is 19.9 Å². The van der Waals surface area contributed by atoms with Crippen molar-refractivity contribution in [3.63, 3.8) is 0 Å². The van der Waals surface area contributed by atoms with Crippen molar-refractivity contribution in [3.05, 3.63) is 34.3 Å². The summed E-state index contributed by atoms with van der Waals surface area (Å²) in [5, 5.41) is 0.810. The van der Waals surface area contributed by atoms with Gasteiger partial charge in [0, 0.05) is 11.1 Å². The van der Waals surface area contributed by atoms with Crippen molar-refractivity contribution in [3.8, 4) is 0 Å². The summed E-state index contributed by atoms with van der Waals surface area (Å²) in [6, 6.07) is 6.15. The van der Waals surface area contributed by atoms with Crippen LogP contribution in [-0.2, 0) is 0 Å². The summed E-state index contributed by atoms with van der Waals surface area (Å²) in [6.07, 6.45) is 1.10. The Morgan fingerprint density at radius 1 is 1.43 bits per heavy atom. The van der Waals surface area contributed by atoms with Crippen LogP contribution in [-0.4, -0.2) is 0 Å². The maximum atomic E-state index is 6.12. The van der Waals surface area contributed by atoms with E-state index < -0.39 is 0 Å². The highest BCUT2D eigenvalue weighted by molar-refractivity contribution is 6.31. The fourth-order valence-electron chi connectivity index (χ4n) is 1.46. The highest BCUT2D eigenvalue weighted by atomic mass is 35.5. The van der Waals surface area contributed by atoms with Crippen molar-refractivity contribution < 1.29 is 0 Å². The van der Waals surface area contributed by atoms with Gasteiger partial charge in [-0.1, -0.05) is 44.0 Å². The fraction of sp³-hybridized carbons (Fsp3) is 0.500. The van der Waals surface area contributed by atoms with E-state index in [4.69, 9.17) is 17.3 Å². The summed E-state index contributed by atoms with van der Waals surface area (Å²) in [5.74, 6) is 0.510. The molecule has 0 amide bonds. The third kappa shape index (κ3) is 2.49. The lowest BCUT2D eigenvalue weighted by atomic mass is 9.92. The number of benzene rings is 1. The molecule has 2 atom stereocenters. The molecule has 2 N–H and O–H groups in total. The molecule has 1 aromatic carbocycles. The molecule has 14 heavy (non-hydrogen) atoms. The Labute approximate surface area is 91.3 Å². The predicted octanol–water partition coefficient (Wildman–Crippen LogP) is 3.69. The van der Waals surface area contributed by atoms with Crippen LogP contribution in [0.2, 0.25) is 5.02 Å². The minimum absolute atomic E-state index is 0.121. The molecule has 0 aliphatic rings. The maximum Gasteiger partial charge on any atom is 0.0435 e. The van der Waals surface area contributed by atoms with E-state index in [1.165, 1.54) is 5.56 Å². The summed E-state index contributed by atoms with van der Waals surface area (Å²) in [4.78, 5) is 0. The second-order valence-electron chi connectivity index (χ2n) is 3.92. The quantitative estimate of drug-likeness (QED) is 0.811. The van der Waals surface area contributed by atoms with Crippen molar-refractivity contribution in [1.82, 2.24) is 0 Å². The van der Waals surface area contributed by atoms with Crippen LogP contribution in [0.1, 0.15) is 37.4 Å². The first-order chi connectivity index (χ1) is 6.56. The molecule has 1 aromatic rings. The molecule has 0 spiro atoms. The van der Waals surface area contributed by atoms with E-state index >= 15 is 0 Å². The Morgan fingerprint density at radius 2 is 2.07 bits per heavy atom. The molecular weight excluding hydrogens is 194 g/mol. The summed E-state index contributed by atoms with van der Waals surface area (Å²) < 4.78 is 0. The summed E-state index contributed by atoms with van der Waals surface area (Å²) >= 11 is 5.96. The maximum absolute atomic E-state index is 6.12. The van der Waals surface area contributed by atoms with Crippen molar-refractivity contribution in [1.29, 1.82) is 0 Å². The van der Waals surface area contributed by atoms with E-state index in [-0.39, 0.29) is 6.04 Å². The Bertz CT molecular complexity index is 309. The molecule has 0 saturated carbocycles. The number of hydrogen-bond donors (Lipinski definition) is 1. The van der Waals surface area contributed by atoms with Crippen molar-refractivity contribution in [2.24, 2.45) is 11.7 Å². The zero-order chi connectivity index (χ0) is 10.7. The highest BCUT2D eigenvalue weighted by Crippen LogP contribution is 2.25. The molecule has 0 heterocycles. The first-order valence-electron chi connectivity index (χ1n) is 5.08. The zero-order valence-corrected chi connectivity index (χ0v) is 9.81. The molecule has 2 heteroatoms. The molecule has 1 nitrogen and oxygen atoms in total. The van der Waals surface area contributed by atoms with Crippen LogP contribution >= 0.6 is 11.6 Å². The Hall–Kier alpha value is -0.530. The molecule has 0 aliphatic carbocycles. The number of aryl methyl sites for hydroxylation is 1. The minimum Gasteiger partial charge on any atom is -0.324 e. The number of rotatable bonds is 3. The van der Waals surface area contributed by atoms with Crippen LogP contribution in [0.15, 0.2) is 18.2 Å². The van der Waals surface area contributed by atoms with Gasteiger partial charge in [0.05, 0.1) is 0 Å².